The van der Waals surface area contributed by atoms with Crippen molar-refractivity contribution in [3.8, 4) is 0 Å². The van der Waals surface area contributed by atoms with E-state index in [0.29, 0.717) is 23.3 Å². The number of fused-ring (bicyclic) bond motifs is 1. The summed E-state index contributed by atoms with van der Waals surface area (Å²) in [4.78, 5) is 34.4. The third-order valence-corrected chi connectivity index (χ3v) is 5.15. The minimum Gasteiger partial charge on any atom is -0.335 e. The SMILES string of the molecule is CCCN(C(=O)NC1CCCCC1)C(C)c1nc2ccccc2c(=O)[nH]1. The Bertz CT molecular complexity index is 811. The molecule has 1 saturated carbocycles. The molecule has 1 aliphatic rings. The molecule has 6 heteroatoms. The van der Waals surface area contributed by atoms with Crippen molar-refractivity contribution in [1.29, 1.82) is 0 Å². The fourth-order valence-corrected chi connectivity index (χ4v) is 3.67. The number of H-pyrrole nitrogens is 1. The molecule has 2 amide bonds. The molecule has 1 unspecified atom stereocenters. The Morgan fingerprint density at radius 3 is 2.77 bits per heavy atom. The fourth-order valence-electron chi connectivity index (χ4n) is 3.67. The molecule has 0 spiro atoms. The van der Waals surface area contributed by atoms with Crippen LogP contribution in [0.25, 0.3) is 10.9 Å². The van der Waals surface area contributed by atoms with Crippen LogP contribution in [0.2, 0.25) is 0 Å². The molecular weight excluding hydrogens is 328 g/mol. The highest BCUT2D eigenvalue weighted by molar-refractivity contribution is 5.77. The number of nitrogens with zero attached hydrogens (tertiary/aromatic N) is 2. The third kappa shape index (κ3) is 4.06. The van der Waals surface area contributed by atoms with E-state index in [9.17, 15) is 9.59 Å². The second kappa shape index (κ2) is 8.34. The van der Waals surface area contributed by atoms with Crippen molar-refractivity contribution in [3.05, 3.63) is 40.4 Å². The largest absolute Gasteiger partial charge is 0.335 e. The molecule has 0 aliphatic heterocycles. The average Bonchev–Trinajstić information content (AvgIpc) is 2.66. The monoisotopic (exact) mass is 356 g/mol. The van der Waals surface area contributed by atoms with Gasteiger partial charge < -0.3 is 15.2 Å². The van der Waals surface area contributed by atoms with Crippen molar-refractivity contribution < 1.29 is 4.79 Å². The van der Waals surface area contributed by atoms with Crippen LogP contribution >= 0.6 is 0 Å². The lowest BCUT2D eigenvalue weighted by molar-refractivity contribution is 0.169. The Kier molecular flexibility index (Phi) is 5.91. The summed E-state index contributed by atoms with van der Waals surface area (Å²) in [5.74, 6) is 0.529. The van der Waals surface area contributed by atoms with Crippen LogP contribution in [0.5, 0.6) is 0 Å². The number of aromatic nitrogens is 2. The smallest absolute Gasteiger partial charge is 0.318 e. The molecule has 1 aromatic heterocycles. The number of amides is 2. The lowest BCUT2D eigenvalue weighted by Gasteiger charge is -2.31. The van der Waals surface area contributed by atoms with Gasteiger partial charge in [0, 0.05) is 12.6 Å². The number of nitrogens with one attached hydrogen (secondary N) is 2. The van der Waals surface area contributed by atoms with Gasteiger partial charge >= 0.3 is 6.03 Å². The van der Waals surface area contributed by atoms with Gasteiger partial charge in [-0.3, -0.25) is 4.79 Å². The van der Waals surface area contributed by atoms with Gasteiger partial charge in [-0.1, -0.05) is 38.3 Å². The Labute approximate surface area is 154 Å². The molecule has 3 rings (SSSR count). The predicted octanol–water partition coefficient (Wildman–Crippen LogP) is 3.74. The third-order valence-electron chi connectivity index (χ3n) is 5.15. The van der Waals surface area contributed by atoms with Crippen LogP contribution in [0.3, 0.4) is 0 Å². The molecule has 6 nitrogen and oxygen atoms in total. The van der Waals surface area contributed by atoms with Gasteiger partial charge in [0.1, 0.15) is 5.82 Å². The summed E-state index contributed by atoms with van der Waals surface area (Å²) in [6.07, 6.45) is 6.54. The van der Waals surface area contributed by atoms with Gasteiger partial charge in [-0.05, 0) is 38.3 Å². The van der Waals surface area contributed by atoms with E-state index in [1.807, 2.05) is 32.0 Å². The van der Waals surface area contributed by atoms with Gasteiger partial charge in [0.25, 0.3) is 5.56 Å². The molecule has 1 aromatic carbocycles. The molecule has 2 N–H and O–H groups in total. The molecule has 1 fully saturated rings. The highest BCUT2D eigenvalue weighted by Crippen LogP contribution is 2.21. The normalized spacial score (nSPS) is 16.4. The molecule has 26 heavy (non-hydrogen) atoms. The van der Waals surface area contributed by atoms with E-state index < -0.39 is 0 Å². The topological polar surface area (TPSA) is 78.1 Å². The lowest BCUT2D eigenvalue weighted by Crippen LogP contribution is -2.47. The van der Waals surface area contributed by atoms with Crippen LogP contribution in [0.4, 0.5) is 4.79 Å². The number of benzene rings is 1. The molecule has 140 valence electrons. The zero-order valence-corrected chi connectivity index (χ0v) is 15.6. The molecule has 0 bridgehead atoms. The number of rotatable bonds is 5. The number of hydrogen-bond acceptors (Lipinski definition) is 3. The zero-order chi connectivity index (χ0) is 18.5. The summed E-state index contributed by atoms with van der Waals surface area (Å²) in [6, 6.07) is 7.17. The van der Waals surface area contributed by atoms with E-state index in [1.165, 1.54) is 19.3 Å². The average molecular weight is 356 g/mol. The Morgan fingerprint density at radius 2 is 2.04 bits per heavy atom. The van der Waals surface area contributed by atoms with Crippen molar-refractivity contribution in [2.24, 2.45) is 0 Å². The maximum absolute atomic E-state index is 12.9. The van der Waals surface area contributed by atoms with E-state index in [0.717, 1.165) is 19.3 Å². The van der Waals surface area contributed by atoms with Gasteiger partial charge in [-0.25, -0.2) is 9.78 Å². The van der Waals surface area contributed by atoms with Crippen LogP contribution in [-0.4, -0.2) is 33.5 Å². The zero-order valence-electron chi connectivity index (χ0n) is 15.6. The number of carbonyl (C=O) groups excluding carboxylic acids is 1. The lowest BCUT2D eigenvalue weighted by atomic mass is 9.96. The first-order chi connectivity index (χ1) is 12.6. The quantitative estimate of drug-likeness (QED) is 0.857. The number of urea groups is 1. The minimum atomic E-state index is -0.296. The van der Waals surface area contributed by atoms with E-state index >= 15 is 0 Å². The van der Waals surface area contributed by atoms with E-state index in [2.05, 4.69) is 15.3 Å². The number of para-hydroxylation sites is 1. The van der Waals surface area contributed by atoms with Crippen molar-refractivity contribution in [2.75, 3.05) is 6.54 Å². The van der Waals surface area contributed by atoms with Crippen LogP contribution < -0.4 is 10.9 Å². The Balaban J connectivity index is 1.82. The van der Waals surface area contributed by atoms with Crippen molar-refractivity contribution >= 4 is 16.9 Å². The molecule has 1 aliphatic carbocycles. The molecule has 1 atom stereocenters. The fraction of sp³-hybridized carbons (Fsp3) is 0.550. The first-order valence-corrected chi connectivity index (χ1v) is 9.66. The highest BCUT2D eigenvalue weighted by Gasteiger charge is 2.25. The van der Waals surface area contributed by atoms with Gasteiger partial charge in [-0.2, -0.15) is 0 Å². The van der Waals surface area contributed by atoms with Crippen molar-refractivity contribution in [1.82, 2.24) is 20.2 Å². The highest BCUT2D eigenvalue weighted by atomic mass is 16.2. The molecule has 1 heterocycles. The van der Waals surface area contributed by atoms with Gasteiger partial charge in [0.2, 0.25) is 0 Å². The van der Waals surface area contributed by atoms with Crippen LogP contribution in [0, 0.1) is 0 Å². The summed E-state index contributed by atoms with van der Waals surface area (Å²) in [5.41, 5.74) is 0.490. The Hall–Kier alpha value is -2.37. The second-order valence-corrected chi connectivity index (χ2v) is 7.12. The summed E-state index contributed by atoms with van der Waals surface area (Å²) in [7, 11) is 0. The standard InChI is InChI=1S/C20H28N4O2/c1-3-13-24(20(26)21-15-9-5-4-6-10-15)14(2)18-22-17-12-8-7-11-16(17)19(25)23-18/h7-8,11-12,14-15H,3-6,9-10,13H2,1-2H3,(H,21,26)(H,22,23,25). The van der Waals surface area contributed by atoms with Crippen molar-refractivity contribution in [3.63, 3.8) is 0 Å². The predicted molar refractivity (Wildman–Crippen MR) is 103 cm³/mol. The van der Waals surface area contributed by atoms with E-state index in [1.54, 1.807) is 11.0 Å². The van der Waals surface area contributed by atoms with Gasteiger partial charge in [0.05, 0.1) is 16.9 Å². The van der Waals surface area contributed by atoms with E-state index in [4.69, 9.17) is 0 Å². The first-order valence-electron chi connectivity index (χ1n) is 9.66. The maximum Gasteiger partial charge on any atom is 0.318 e. The summed E-state index contributed by atoms with van der Waals surface area (Å²) < 4.78 is 0. The molecule has 0 saturated heterocycles. The maximum atomic E-state index is 12.9. The van der Waals surface area contributed by atoms with Gasteiger partial charge in [0.15, 0.2) is 0 Å². The summed E-state index contributed by atoms with van der Waals surface area (Å²) >= 11 is 0. The summed E-state index contributed by atoms with van der Waals surface area (Å²) in [6.45, 7) is 4.59. The molecule has 0 radical (unpaired) electrons. The molecule has 2 aromatic rings. The minimum absolute atomic E-state index is 0.0675. The van der Waals surface area contributed by atoms with Crippen molar-refractivity contribution in [2.45, 2.75) is 64.5 Å². The van der Waals surface area contributed by atoms with Crippen LogP contribution in [0.1, 0.15) is 64.2 Å². The number of carbonyl (C=O) groups is 1. The number of hydrogen-bond donors (Lipinski definition) is 2. The van der Waals surface area contributed by atoms with Gasteiger partial charge in [-0.15, -0.1) is 0 Å². The van der Waals surface area contributed by atoms with Crippen LogP contribution in [-0.2, 0) is 0 Å². The summed E-state index contributed by atoms with van der Waals surface area (Å²) in [5, 5.41) is 3.74. The van der Waals surface area contributed by atoms with E-state index in [-0.39, 0.29) is 23.7 Å². The second-order valence-electron chi connectivity index (χ2n) is 7.12. The first kappa shape index (κ1) is 18.4. The molecular formula is C20H28N4O2. The number of aromatic amines is 1. The Morgan fingerprint density at radius 1 is 1.31 bits per heavy atom. The van der Waals surface area contributed by atoms with Crippen LogP contribution in [0.15, 0.2) is 29.1 Å².